The number of aliphatic hydroxyl groups is 1. The number of methoxy groups -OCH3 is 1. The van der Waals surface area contributed by atoms with Gasteiger partial charge in [0.1, 0.15) is 5.75 Å². The Hall–Kier alpha value is -4.32. The zero-order chi connectivity index (χ0) is 30.3. The molecule has 0 aliphatic carbocycles. The zero-order valence-corrected chi connectivity index (χ0v) is 24.7. The topological polar surface area (TPSA) is 129 Å². The number of carbonyl (C=O) groups is 1. The summed E-state index contributed by atoms with van der Waals surface area (Å²) in [5.41, 5.74) is 4.01. The molecular weight excluding hydrogens is 552 g/mol. The molecule has 0 bridgehead atoms. The first-order valence-electron chi connectivity index (χ1n) is 14.4. The number of nitrogens with zero attached hydrogens (tertiary/aromatic N) is 2. The van der Waals surface area contributed by atoms with Crippen LogP contribution in [0.2, 0.25) is 0 Å². The number of nitrogens with one attached hydrogen (secondary N) is 2. The van der Waals surface area contributed by atoms with E-state index in [0.29, 0.717) is 24.9 Å². The Bertz CT molecular complexity index is 1640. The third kappa shape index (κ3) is 6.69. The highest BCUT2D eigenvalue weighted by atomic mass is 16.7. The number of hydrogen-bond donors (Lipinski definition) is 3. The van der Waals surface area contributed by atoms with Crippen molar-refractivity contribution in [3.63, 3.8) is 0 Å². The molecule has 1 aliphatic heterocycles. The normalized spacial score (nSPS) is 16.6. The SMILES string of the molecule is COc1ccc2[nH]cc(CCNC(=O)C3=C[C@H](c4c(C)n(C)n(-c5ccccc5)c4=O)C[C@H](OCCOCCO)O3)c2c1. The van der Waals surface area contributed by atoms with Crippen molar-refractivity contribution in [1.82, 2.24) is 19.7 Å². The second kappa shape index (κ2) is 13.8. The molecule has 4 aromatic rings. The van der Waals surface area contributed by atoms with Crippen LogP contribution in [0, 0.1) is 6.92 Å². The largest absolute Gasteiger partial charge is 0.497 e. The second-order valence-corrected chi connectivity index (χ2v) is 10.3. The molecule has 2 atom stereocenters. The smallest absolute Gasteiger partial charge is 0.286 e. The second-order valence-electron chi connectivity index (χ2n) is 10.3. The van der Waals surface area contributed by atoms with Gasteiger partial charge in [-0.2, -0.15) is 0 Å². The average Bonchev–Trinajstić information content (AvgIpc) is 3.53. The molecule has 11 nitrogen and oxygen atoms in total. The Morgan fingerprint density at radius 1 is 1.16 bits per heavy atom. The first kappa shape index (κ1) is 30.1. The predicted molar refractivity (Wildman–Crippen MR) is 161 cm³/mol. The highest BCUT2D eigenvalue weighted by molar-refractivity contribution is 5.92. The van der Waals surface area contributed by atoms with Gasteiger partial charge in [0.25, 0.3) is 11.5 Å². The monoisotopic (exact) mass is 590 g/mol. The molecule has 5 rings (SSSR count). The van der Waals surface area contributed by atoms with Gasteiger partial charge in [-0.15, -0.1) is 0 Å². The fourth-order valence-electron chi connectivity index (χ4n) is 5.43. The molecule has 2 aromatic carbocycles. The number of para-hydroxylation sites is 1. The lowest BCUT2D eigenvalue weighted by Crippen LogP contribution is -2.35. The van der Waals surface area contributed by atoms with Gasteiger partial charge < -0.3 is 34.4 Å². The molecule has 3 heterocycles. The molecule has 0 saturated carbocycles. The Kier molecular flexibility index (Phi) is 9.65. The molecule has 0 fully saturated rings. The molecule has 0 spiro atoms. The van der Waals surface area contributed by atoms with Crippen molar-refractivity contribution in [3.8, 4) is 11.4 Å². The summed E-state index contributed by atoms with van der Waals surface area (Å²) < 4.78 is 26.0. The summed E-state index contributed by atoms with van der Waals surface area (Å²) in [6.45, 7) is 2.86. The third-order valence-corrected chi connectivity index (χ3v) is 7.67. The van der Waals surface area contributed by atoms with E-state index in [9.17, 15) is 9.59 Å². The minimum Gasteiger partial charge on any atom is -0.497 e. The zero-order valence-electron chi connectivity index (χ0n) is 24.7. The first-order valence-corrected chi connectivity index (χ1v) is 14.4. The van der Waals surface area contributed by atoms with Gasteiger partial charge in [0.05, 0.1) is 39.2 Å². The lowest BCUT2D eigenvalue weighted by molar-refractivity contribution is -0.151. The van der Waals surface area contributed by atoms with Crippen molar-refractivity contribution in [1.29, 1.82) is 0 Å². The standard InChI is InChI=1S/C32H38N4O7/c1-21-30(32(39)36(35(21)2)24-7-5-4-6-8-24)23-17-28(43-29(18-23)42-16-15-41-14-13-37)31(38)33-12-11-22-20-34-27-10-9-25(40-3)19-26(22)27/h4-10,17,19-20,23,29,34,37H,11-16,18H2,1-3H3,(H,33,38)/t23-,29+/m0/s1. The number of aromatic nitrogens is 3. The molecule has 0 unspecified atom stereocenters. The molecule has 1 aliphatic rings. The molecule has 1 amide bonds. The first-order chi connectivity index (χ1) is 20.9. The van der Waals surface area contributed by atoms with Crippen LogP contribution in [-0.4, -0.2) is 71.7 Å². The number of H-pyrrole nitrogens is 1. The average molecular weight is 591 g/mol. The Labute approximate surface area is 249 Å². The number of benzene rings is 2. The quantitative estimate of drug-likeness (QED) is 0.204. The number of carbonyl (C=O) groups excluding carboxylic acids is 1. The summed E-state index contributed by atoms with van der Waals surface area (Å²) >= 11 is 0. The summed E-state index contributed by atoms with van der Waals surface area (Å²) in [7, 11) is 3.47. The number of aromatic amines is 1. The van der Waals surface area contributed by atoms with Crippen LogP contribution >= 0.6 is 0 Å². The molecule has 0 radical (unpaired) electrons. The summed E-state index contributed by atoms with van der Waals surface area (Å²) in [5.74, 6) is 0.0680. The Morgan fingerprint density at radius 3 is 2.74 bits per heavy atom. The minimum atomic E-state index is -0.765. The summed E-state index contributed by atoms with van der Waals surface area (Å²) in [5, 5.41) is 12.9. The Balaban J connectivity index is 1.35. The molecule has 0 saturated heterocycles. The van der Waals surface area contributed by atoms with Crippen LogP contribution in [0.4, 0.5) is 0 Å². The van der Waals surface area contributed by atoms with E-state index in [1.54, 1.807) is 17.9 Å². The van der Waals surface area contributed by atoms with E-state index in [2.05, 4.69) is 10.3 Å². The van der Waals surface area contributed by atoms with Gasteiger partial charge in [0.2, 0.25) is 6.29 Å². The maximum absolute atomic E-state index is 13.8. The van der Waals surface area contributed by atoms with E-state index in [1.165, 1.54) is 0 Å². The van der Waals surface area contributed by atoms with E-state index >= 15 is 0 Å². The number of allylic oxidation sites excluding steroid dienone is 1. The molecule has 3 N–H and O–H groups in total. The van der Waals surface area contributed by atoms with Gasteiger partial charge in [0.15, 0.2) is 5.76 Å². The van der Waals surface area contributed by atoms with Crippen LogP contribution in [0.3, 0.4) is 0 Å². The number of ether oxygens (including phenoxy) is 4. The van der Waals surface area contributed by atoms with Crippen molar-refractivity contribution in [2.24, 2.45) is 7.05 Å². The van der Waals surface area contributed by atoms with Crippen molar-refractivity contribution >= 4 is 16.8 Å². The van der Waals surface area contributed by atoms with Crippen molar-refractivity contribution in [2.75, 3.05) is 40.1 Å². The fourth-order valence-corrected chi connectivity index (χ4v) is 5.43. The van der Waals surface area contributed by atoms with Crippen LogP contribution in [0.15, 0.2) is 71.4 Å². The van der Waals surface area contributed by atoms with Crippen LogP contribution in [-0.2, 0) is 32.5 Å². The third-order valence-electron chi connectivity index (χ3n) is 7.67. The maximum Gasteiger partial charge on any atom is 0.286 e. The van der Waals surface area contributed by atoms with E-state index in [4.69, 9.17) is 24.1 Å². The molecule has 228 valence electrons. The number of amides is 1. The van der Waals surface area contributed by atoms with Crippen LogP contribution < -0.4 is 15.6 Å². The highest BCUT2D eigenvalue weighted by Crippen LogP contribution is 2.32. The minimum absolute atomic E-state index is 0.0812. The highest BCUT2D eigenvalue weighted by Gasteiger charge is 2.33. The number of hydrogen-bond acceptors (Lipinski definition) is 7. The van der Waals surface area contributed by atoms with E-state index in [1.807, 2.05) is 73.4 Å². The van der Waals surface area contributed by atoms with Crippen molar-refractivity contribution < 1.29 is 28.8 Å². The number of rotatable bonds is 13. The molecule has 2 aromatic heterocycles. The van der Waals surface area contributed by atoms with Gasteiger partial charge in [-0.1, -0.05) is 18.2 Å². The van der Waals surface area contributed by atoms with Crippen molar-refractivity contribution in [3.05, 3.63) is 93.7 Å². The maximum atomic E-state index is 13.8. The lowest BCUT2D eigenvalue weighted by Gasteiger charge is -2.29. The van der Waals surface area contributed by atoms with E-state index in [-0.39, 0.29) is 43.7 Å². The van der Waals surface area contributed by atoms with Crippen LogP contribution in [0.25, 0.3) is 16.6 Å². The summed E-state index contributed by atoms with van der Waals surface area (Å²) in [6.07, 6.45) is 3.83. The fraction of sp³-hybridized carbons (Fsp3) is 0.375. The van der Waals surface area contributed by atoms with Crippen molar-refractivity contribution in [2.45, 2.75) is 32.0 Å². The lowest BCUT2D eigenvalue weighted by atomic mass is 9.93. The summed E-state index contributed by atoms with van der Waals surface area (Å²) in [6, 6.07) is 15.3. The van der Waals surface area contributed by atoms with Gasteiger partial charge in [-0.05, 0) is 55.3 Å². The molecule has 11 heteroatoms. The van der Waals surface area contributed by atoms with E-state index in [0.717, 1.165) is 33.6 Å². The molecular formula is C32H38N4O7. The Morgan fingerprint density at radius 2 is 1.98 bits per heavy atom. The van der Waals surface area contributed by atoms with Gasteiger partial charge in [-0.25, -0.2) is 4.68 Å². The van der Waals surface area contributed by atoms with Crippen LogP contribution in [0.1, 0.15) is 29.2 Å². The van der Waals surface area contributed by atoms with Gasteiger partial charge in [0, 0.05) is 54.3 Å². The van der Waals surface area contributed by atoms with E-state index < -0.39 is 12.2 Å². The van der Waals surface area contributed by atoms with Gasteiger partial charge >= 0.3 is 0 Å². The van der Waals surface area contributed by atoms with Gasteiger partial charge in [-0.3, -0.25) is 14.3 Å². The number of fused-ring (bicyclic) bond motifs is 1. The van der Waals surface area contributed by atoms with Crippen LogP contribution in [0.5, 0.6) is 5.75 Å². The predicted octanol–water partition coefficient (Wildman–Crippen LogP) is 3.07. The number of aliphatic hydroxyl groups excluding tert-OH is 1. The summed E-state index contributed by atoms with van der Waals surface area (Å²) in [4.78, 5) is 30.4. The molecule has 43 heavy (non-hydrogen) atoms.